The highest BCUT2D eigenvalue weighted by atomic mass is 16.5. The molecule has 2 heterocycles. The Morgan fingerprint density at radius 3 is 2.63 bits per heavy atom. The monoisotopic (exact) mass is 269 g/mol. The Bertz CT molecular complexity index is 305. The molecule has 2 aliphatic heterocycles. The van der Waals surface area contributed by atoms with Crippen LogP contribution >= 0.6 is 0 Å². The van der Waals surface area contributed by atoms with Crippen LogP contribution in [0.1, 0.15) is 46.0 Å². The minimum absolute atomic E-state index is 0.0130. The van der Waals surface area contributed by atoms with Gasteiger partial charge in [-0.05, 0) is 31.6 Å². The number of nitrogens with two attached hydrogens (primary N) is 1. The topological polar surface area (TPSA) is 61.6 Å². The van der Waals surface area contributed by atoms with Crippen molar-refractivity contribution in [1.29, 1.82) is 0 Å². The van der Waals surface area contributed by atoms with Crippen LogP contribution in [0, 0.1) is 11.8 Å². The van der Waals surface area contributed by atoms with Gasteiger partial charge in [0.2, 0.25) is 0 Å². The average molecular weight is 269 g/mol. The quantitative estimate of drug-likeness (QED) is 0.847. The molecular formula is C15H27NO3. The molecule has 2 saturated heterocycles. The lowest BCUT2D eigenvalue weighted by Crippen LogP contribution is -2.46. The van der Waals surface area contributed by atoms with Crippen molar-refractivity contribution in [3.63, 3.8) is 0 Å². The number of hydrogen-bond donors (Lipinski definition) is 1. The molecule has 4 heteroatoms. The molecule has 1 spiro atoms. The molecule has 2 N–H and O–H groups in total. The minimum atomic E-state index is -0.0985. The van der Waals surface area contributed by atoms with Gasteiger partial charge < -0.3 is 15.2 Å². The van der Waals surface area contributed by atoms with Crippen LogP contribution in [0.25, 0.3) is 0 Å². The second kappa shape index (κ2) is 6.33. The molecule has 2 unspecified atom stereocenters. The largest absolute Gasteiger partial charge is 0.381 e. The first kappa shape index (κ1) is 14.9. The smallest absolute Gasteiger partial charge is 0.137 e. The van der Waals surface area contributed by atoms with Crippen molar-refractivity contribution in [2.45, 2.75) is 57.6 Å². The van der Waals surface area contributed by atoms with E-state index in [1.807, 2.05) is 0 Å². The Kier molecular flexibility index (Phi) is 4.98. The number of hydrogen-bond acceptors (Lipinski definition) is 4. The molecule has 4 nitrogen and oxygen atoms in total. The Labute approximate surface area is 116 Å². The highest BCUT2D eigenvalue weighted by Gasteiger charge is 2.41. The van der Waals surface area contributed by atoms with Crippen molar-refractivity contribution in [3.05, 3.63) is 0 Å². The van der Waals surface area contributed by atoms with Crippen LogP contribution in [0.3, 0.4) is 0 Å². The molecule has 0 aromatic rings. The van der Waals surface area contributed by atoms with Crippen LogP contribution in [0.2, 0.25) is 0 Å². The molecule has 19 heavy (non-hydrogen) atoms. The normalized spacial score (nSPS) is 28.5. The zero-order valence-electron chi connectivity index (χ0n) is 12.2. The van der Waals surface area contributed by atoms with Crippen molar-refractivity contribution in [2.75, 3.05) is 19.8 Å². The van der Waals surface area contributed by atoms with Gasteiger partial charge in [0.05, 0.1) is 5.60 Å². The molecule has 2 rings (SSSR count). The van der Waals surface area contributed by atoms with Gasteiger partial charge in [-0.25, -0.2) is 0 Å². The Hall–Kier alpha value is -0.450. The summed E-state index contributed by atoms with van der Waals surface area (Å²) in [6.07, 6.45) is 4.07. The first-order valence-corrected chi connectivity index (χ1v) is 7.52. The summed E-state index contributed by atoms with van der Waals surface area (Å²) in [5, 5.41) is 0. The molecule has 0 saturated carbocycles. The minimum Gasteiger partial charge on any atom is -0.381 e. The molecule has 0 aromatic carbocycles. The highest BCUT2D eigenvalue weighted by molar-refractivity contribution is 5.81. The predicted octanol–water partition coefficient (Wildman–Crippen LogP) is 1.90. The molecule has 0 aliphatic carbocycles. The maximum absolute atomic E-state index is 12.4. The van der Waals surface area contributed by atoms with E-state index in [1.54, 1.807) is 0 Å². The maximum atomic E-state index is 12.4. The molecule has 110 valence electrons. The van der Waals surface area contributed by atoms with Crippen LogP contribution in [-0.2, 0) is 14.3 Å². The summed E-state index contributed by atoms with van der Waals surface area (Å²) < 4.78 is 11.4. The standard InChI is InChI=1S/C15H27NO3/c1-11(2)13(16)9-14(17)12-3-6-19-15(10-12)4-7-18-8-5-15/h11-13H,3-10,16H2,1-2H3. The van der Waals surface area contributed by atoms with E-state index in [1.165, 1.54) is 0 Å². The number of ketones is 1. The number of carbonyl (C=O) groups excluding carboxylic acids is 1. The second-order valence-electron chi connectivity index (χ2n) is 6.41. The predicted molar refractivity (Wildman–Crippen MR) is 73.9 cm³/mol. The summed E-state index contributed by atoms with van der Waals surface area (Å²) in [6, 6.07) is -0.0130. The number of ether oxygens (including phenoxy) is 2. The second-order valence-corrected chi connectivity index (χ2v) is 6.41. The van der Waals surface area contributed by atoms with Crippen molar-refractivity contribution in [1.82, 2.24) is 0 Å². The third-order valence-corrected chi connectivity index (χ3v) is 4.65. The molecule has 0 radical (unpaired) electrons. The lowest BCUT2D eigenvalue weighted by Gasteiger charge is -2.43. The van der Waals surface area contributed by atoms with Gasteiger partial charge in [-0.3, -0.25) is 4.79 Å². The van der Waals surface area contributed by atoms with Crippen LogP contribution in [0.4, 0.5) is 0 Å². The van der Waals surface area contributed by atoms with E-state index < -0.39 is 0 Å². The summed E-state index contributed by atoms with van der Waals surface area (Å²) in [5.41, 5.74) is 5.92. The first-order valence-electron chi connectivity index (χ1n) is 7.52. The molecular weight excluding hydrogens is 242 g/mol. The Balaban J connectivity index is 1.91. The van der Waals surface area contributed by atoms with Gasteiger partial charge >= 0.3 is 0 Å². The molecule has 2 aliphatic rings. The summed E-state index contributed by atoms with van der Waals surface area (Å²) in [6.45, 7) is 6.36. The molecule has 2 atom stereocenters. The summed E-state index contributed by atoms with van der Waals surface area (Å²) in [7, 11) is 0. The SMILES string of the molecule is CC(C)C(N)CC(=O)C1CCOC2(CCOCC2)C1. The molecule has 0 amide bonds. The fraction of sp³-hybridized carbons (Fsp3) is 0.933. The third kappa shape index (κ3) is 3.77. The number of Topliss-reactive ketones (excluding diaryl/α,β-unsaturated/α-hetero) is 1. The summed E-state index contributed by atoms with van der Waals surface area (Å²) >= 11 is 0. The van der Waals surface area contributed by atoms with Crippen LogP contribution in [0.15, 0.2) is 0 Å². The van der Waals surface area contributed by atoms with E-state index in [2.05, 4.69) is 13.8 Å². The van der Waals surface area contributed by atoms with Crippen LogP contribution in [0.5, 0.6) is 0 Å². The van der Waals surface area contributed by atoms with Crippen molar-refractivity contribution >= 4 is 5.78 Å². The highest BCUT2D eigenvalue weighted by Crippen LogP contribution is 2.37. The van der Waals surface area contributed by atoms with E-state index in [0.29, 0.717) is 24.7 Å². The molecule has 2 fully saturated rings. The Morgan fingerprint density at radius 1 is 1.32 bits per heavy atom. The average Bonchev–Trinajstić information content (AvgIpc) is 2.39. The fourth-order valence-corrected chi connectivity index (χ4v) is 3.03. The zero-order valence-corrected chi connectivity index (χ0v) is 12.2. The third-order valence-electron chi connectivity index (χ3n) is 4.65. The molecule has 0 bridgehead atoms. The van der Waals surface area contributed by atoms with Gasteiger partial charge in [0.15, 0.2) is 0 Å². The number of rotatable bonds is 4. The summed E-state index contributed by atoms with van der Waals surface area (Å²) in [5.74, 6) is 0.827. The number of carbonyl (C=O) groups is 1. The maximum Gasteiger partial charge on any atom is 0.137 e. The first-order chi connectivity index (χ1) is 9.02. The van der Waals surface area contributed by atoms with Gasteiger partial charge in [-0.2, -0.15) is 0 Å². The van der Waals surface area contributed by atoms with Gasteiger partial charge in [-0.15, -0.1) is 0 Å². The van der Waals surface area contributed by atoms with Gasteiger partial charge in [-0.1, -0.05) is 13.8 Å². The van der Waals surface area contributed by atoms with Crippen molar-refractivity contribution < 1.29 is 14.3 Å². The van der Waals surface area contributed by atoms with E-state index in [9.17, 15) is 4.79 Å². The van der Waals surface area contributed by atoms with Crippen molar-refractivity contribution in [2.24, 2.45) is 17.6 Å². The van der Waals surface area contributed by atoms with Gasteiger partial charge in [0, 0.05) is 38.2 Å². The van der Waals surface area contributed by atoms with Gasteiger partial charge in [0.25, 0.3) is 0 Å². The van der Waals surface area contributed by atoms with Crippen LogP contribution < -0.4 is 5.73 Å². The Morgan fingerprint density at radius 2 is 2.00 bits per heavy atom. The van der Waals surface area contributed by atoms with E-state index in [4.69, 9.17) is 15.2 Å². The van der Waals surface area contributed by atoms with Crippen molar-refractivity contribution in [3.8, 4) is 0 Å². The van der Waals surface area contributed by atoms with E-state index >= 15 is 0 Å². The lowest BCUT2D eigenvalue weighted by molar-refractivity contribution is -0.157. The van der Waals surface area contributed by atoms with Crippen LogP contribution in [-0.4, -0.2) is 37.2 Å². The summed E-state index contributed by atoms with van der Waals surface area (Å²) in [4.78, 5) is 12.4. The van der Waals surface area contributed by atoms with Gasteiger partial charge in [0.1, 0.15) is 5.78 Å². The zero-order chi connectivity index (χ0) is 13.9. The van der Waals surface area contributed by atoms with E-state index in [-0.39, 0.29) is 17.6 Å². The fourth-order valence-electron chi connectivity index (χ4n) is 3.03. The lowest BCUT2D eigenvalue weighted by atomic mass is 9.77. The van der Waals surface area contributed by atoms with E-state index in [0.717, 1.165) is 38.9 Å². The molecule has 0 aromatic heterocycles.